The van der Waals surface area contributed by atoms with Crippen LogP contribution in [0.5, 0.6) is 0 Å². The third-order valence-electron chi connectivity index (χ3n) is 2.03. The van der Waals surface area contributed by atoms with Gasteiger partial charge in [0.05, 0.1) is 6.54 Å². The fraction of sp³-hybridized carbons (Fsp3) is 0.800. The highest BCUT2D eigenvalue weighted by molar-refractivity contribution is 5.72. The van der Waals surface area contributed by atoms with E-state index in [-0.39, 0.29) is 18.0 Å². The summed E-state index contributed by atoms with van der Waals surface area (Å²) in [6, 6.07) is 0. The van der Waals surface area contributed by atoms with Crippen molar-refractivity contribution in [3.8, 4) is 0 Å². The number of nitrogens with one attached hydrogen (secondary N) is 1. The van der Waals surface area contributed by atoms with E-state index in [1.54, 1.807) is 0 Å². The second kappa shape index (κ2) is 5.70. The number of carboxylic acids is 1. The number of rotatable bonds is 5. The lowest BCUT2D eigenvalue weighted by Crippen LogP contribution is -2.47. The van der Waals surface area contributed by atoms with Gasteiger partial charge in [0.1, 0.15) is 0 Å². The average molecular weight is 216 g/mol. The van der Waals surface area contributed by atoms with Gasteiger partial charge < -0.3 is 10.4 Å². The minimum absolute atomic E-state index is 0.0108. The van der Waals surface area contributed by atoms with Gasteiger partial charge in [-0.1, -0.05) is 0 Å². The zero-order valence-corrected chi connectivity index (χ0v) is 9.83. The molecule has 0 bridgehead atoms. The first kappa shape index (κ1) is 13.9. The van der Waals surface area contributed by atoms with Crippen LogP contribution >= 0.6 is 0 Å². The summed E-state index contributed by atoms with van der Waals surface area (Å²) in [7, 11) is 0. The predicted octanol–water partition coefficient (Wildman–Crippen LogP) is 0.308. The van der Waals surface area contributed by atoms with Gasteiger partial charge >= 0.3 is 5.97 Å². The van der Waals surface area contributed by atoms with Crippen LogP contribution in [0.4, 0.5) is 0 Å². The first-order chi connectivity index (χ1) is 6.73. The monoisotopic (exact) mass is 216 g/mol. The number of amides is 1. The molecule has 0 aliphatic rings. The second-order valence-corrected chi connectivity index (χ2v) is 4.47. The lowest BCUT2D eigenvalue weighted by molar-refractivity contribution is -0.139. The molecule has 0 aromatic carbocycles. The Kier molecular flexibility index (Phi) is 5.28. The van der Waals surface area contributed by atoms with Crippen molar-refractivity contribution in [1.82, 2.24) is 10.2 Å². The molecule has 0 saturated carbocycles. The Balaban J connectivity index is 4.14. The van der Waals surface area contributed by atoms with Gasteiger partial charge in [-0.25, -0.2) is 0 Å². The first-order valence-electron chi connectivity index (χ1n) is 4.95. The normalized spacial score (nSPS) is 11.5. The molecule has 0 aromatic heterocycles. The molecule has 0 radical (unpaired) electrons. The number of hydrogen-bond acceptors (Lipinski definition) is 3. The van der Waals surface area contributed by atoms with E-state index in [1.165, 1.54) is 6.92 Å². The van der Waals surface area contributed by atoms with Crippen molar-refractivity contribution in [2.24, 2.45) is 0 Å². The summed E-state index contributed by atoms with van der Waals surface area (Å²) in [6.45, 7) is 8.29. The summed E-state index contributed by atoms with van der Waals surface area (Å²) < 4.78 is 0. The van der Waals surface area contributed by atoms with Crippen LogP contribution in [0.25, 0.3) is 0 Å². The molecule has 5 heteroatoms. The molecule has 88 valence electrons. The molecule has 0 atom stereocenters. The summed E-state index contributed by atoms with van der Waals surface area (Å²) in [4.78, 5) is 23.1. The van der Waals surface area contributed by atoms with Gasteiger partial charge in [-0.3, -0.25) is 14.5 Å². The van der Waals surface area contributed by atoms with Crippen molar-refractivity contribution in [2.45, 2.75) is 33.2 Å². The molecule has 0 heterocycles. The van der Waals surface area contributed by atoms with Gasteiger partial charge in [0.25, 0.3) is 0 Å². The third-order valence-corrected chi connectivity index (χ3v) is 2.03. The van der Waals surface area contributed by atoms with Crippen LogP contribution in [0.2, 0.25) is 0 Å². The Morgan fingerprint density at radius 1 is 1.33 bits per heavy atom. The molecule has 0 aliphatic heterocycles. The van der Waals surface area contributed by atoms with Crippen molar-refractivity contribution in [3.05, 3.63) is 0 Å². The van der Waals surface area contributed by atoms with Crippen molar-refractivity contribution in [2.75, 3.05) is 19.6 Å². The smallest absolute Gasteiger partial charge is 0.317 e. The highest BCUT2D eigenvalue weighted by atomic mass is 16.4. The number of aliphatic carboxylic acids is 1. The van der Waals surface area contributed by atoms with Crippen molar-refractivity contribution in [1.29, 1.82) is 0 Å². The van der Waals surface area contributed by atoms with E-state index < -0.39 is 5.97 Å². The molecule has 0 aromatic rings. The number of carbonyl (C=O) groups excluding carboxylic acids is 1. The molecule has 15 heavy (non-hydrogen) atoms. The summed E-state index contributed by atoms with van der Waals surface area (Å²) >= 11 is 0. The maximum absolute atomic E-state index is 10.7. The molecule has 2 N–H and O–H groups in total. The van der Waals surface area contributed by atoms with Gasteiger partial charge in [-0.15, -0.1) is 0 Å². The van der Waals surface area contributed by atoms with Crippen LogP contribution < -0.4 is 5.32 Å². The maximum atomic E-state index is 10.7. The van der Waals surface area contributed by atoms with Crippen LogP contribution in [-0.4, -0.2) is 47.1 Å². The topological polar surface area (TPSA) is 69.6 Å². The number of carboxylic acid groups (broad SMARTS) is 1. The van der Waals surface area contributed by atoms with E-state index in [0.717, 1.165) is 0 Å². The Hall–Kier alpha value is -1.10. The van der Waals surface area contributed by atoms with E-state index in [0.29, 0.717) is 13.1 Å². The lowest BCUT2D eigenvalue weighted by Gasteiger charge is -2.34. The SMILES string of the molecule is CC(=O)NCCN(CC(=O)O)C(C)(C)C. The van der Waals surface area contributed by atoms with Crippen LogP contribution in [0, 0.1) is 0 Å². The van der Waals surface area contributed by atoms with Crippen molar-refractivity contribution in [3.63, 3.8) is 0 Å². The minimum Gasteiger partial charge on any atom is -0.480 e. The molecule has 0 saturated heterocycles. The van der Waals surface area contributed by atoms with Gasteiger partial charge in [-0.2, -0.15) is 0 Å². The quantitative estimate of drug-likeness (QED) is 0.694. The molecular formula is C10H20N2O3. The van der Waals surface area contributed by atoms with Crippen LogP contribution in [0.1, 0.15) is 27.7 Å². The molecule has 0 rings (SSSR count). The van der Waals surface area contributed by atoms with E-state index >= 15 is 0 Å². The zero-order chi connectivity index (χ0) is 12.1. The van der Waals surface area contributed by atoms with Gasteiger partial charge in [-0.05, 0) is 20.8 Å². The molecule has 0 aliphatic carbocycles. The molecule has 0 unspecified atom stereocenters. The van der Waals surface area contributed by atoms with Crippen LogP contribution in [0.3, 0.4) is 0 Å². The van der Waals surface area contributed by atoms with E-state index in [4.69, 9.17) is 5.11 Å². The van der Waals surface area contributed by atoms with E-state index in [9.17, 15) is 9.59 Å². The first-order valence-corrected chi connectivity index (χ1v) is 4.95. The zero-order valence-electron chi connectivity index (χ0n) is 9.83. The fourth-order valence-electron chi connectivity index (χ4n) is 1.18. The Morgan fingerprint density at radius 2 is 1.87 bits per heavy atom. The standard InChI is InChI=1S/C10H20N2O3/c1-8(13)11-5-6-12(7-9(14)15)10(2,3)4/h5-7H2,1-4H3,(H,11,13)(H,14,15). The summed E-state index contributed by atoms with van der Waals surface area (Å²) in [5.41, 5.74) is -0.211. The summed E-state index contributed by atoms with van der Waals surface area (Å²) in [5, 5.41) is 11.4. The summed E-state index contributed by atoms with van der Waals surface area (Å²) in [5.74, 6) is -0.952. The molecular weight excluding hydrogens is 196 g/mol. The predicted molar refractivity (Wildman–Crippen MR) is 57.6 cm³/mol. The maximum Gasteiger partial charge on any atom is 0.317 e. The van der Waals surface area contributed by atoms with E-state index in [1.807, 2.05) is 25.7 Å². The lowest BCUT2D eigenvalue weighted by atomic mass is 10.1. The fourth-order valence-corrected chi connectivity index (χ4v) is 1.18. The highest BCUT2D eigenvalue weighted by Crippen LogP contribution is 2.11. The molecule has 5 nitrogen and oxygen atoms in total. The van der Waals surface area contributed by atoms with Gasteiger partial charge in [0.2, 0.25) is 5.91 Å². The molecule has 0 fully saturated rings. The largest absolute Gasteiger partial charge is 0.480 e. The van der Waals surface area contributed by atoms with Crippen LogP contribution in [0.15, 0.2) is 0 Å². The molecule has 0 spiro atoms. The number of nitrogens with zero attached hydrogens (tertiary/aromatic N) is 1. The Bertz CT molecular complexity index is 233. The highest BCUT2D eigenvalue weighted by Gasteiger charge is 2.22. The van der Waals surface area contributed by atoms with Crippen molar-refractivity contribution >= 4 is 11.9 Å². The third kappa shape index (κ3) is 6.90. The number of hydrogen-bond donors (Lipinski definition) is 2. The Labute approximate surface area is 90.5 Å². The summed E-state index contributed by atoms with van der Waals surface area (Å²) in [6.07, 6.45) is 0. The average Bonchev–Trinajstić information content (AvgIpc) is 1.99. The second-order valence-electron chi connectivity index (χ2n) is 4.47. The van der Waals surface area contributed by atoms with Crippen LogP contribution in [-0.2, 0) is 9.59 Å². The van der Waals surface area contributed by atoms with Gasteiger partial charge in [0.15, 0.2) is 0 Å². The van der Waals surface area contributed by atoms with E-state index in [2.05, 4.69) is 5.32 Å². The number of carbonyl (C=O) groups is 2. The Morgan fingerprint density at radius 3 is 2.20 bits per heavy atom. The minimum atomic E-state index is -0.854. The van der Waals surface area contributed by atoms with Gasteiger partial charge in [0, 0.05) is 25.6 Å². The van der Waals surface area contributed by atoms with Crippen molar-refractivity contribution < 1.29 is 14.7 Å². The molecule has 1 amide bonds.